The van der Waals surface area contributed by atoms with Gasteiger partial charge in [0.25, 0.3) is 5.91 Å². The highest BCUT2D eigenvalue weighted by molar-refractivity contribution is 6.30. The van der Waals surface area contributed by atoms with Gasteiger partial charge >= 0.3 is 12.0 Å². The molecule has 1 atom stereocenters. The number of nitrogens with one attached hydrogen (secondary N) is 2. The Morgan fingerprint density at radius 2 is 1.89 bits per heavy atom. The van der Waals surface area contributed by atoms with Gasteiger partial charge in [-0.05, 0) is 61.2 Å². The van der Waals surface area contributed by atoms with Crippen molar-refractivity contribution in [1.82, 2.24) is 10.2 Å². The number of carbonyl (C=O) groups excluding carboxylic acids is 3. The molecule has 1 aliphatic heterocycles. The second-order valence-electron chi connectivity index (χ2n) is 8.94. The largest absolute Gasteiger partial charge is 0.484 e. The maximum atomic E-state index is 13.1. The van der Waals surface area contributed by atoms with Gasteiger partial charge in [0.05, 0.1) is 18.2 Å². The van der Waals surface area contributed by atoms with E-state index in [9.17, 15) is 14.4 Å². The normalized spacial score (nSPS) is 15.6. The Bertz CT molecular complexity index is 1130. The molecule has 0 saturated heterocycles. The molecule has 0 spiro atoms. The van der Waals surface area contributed by atoms with Gasteiger partial charge in [-0.3, -0.25) is 9.69 Å². The molecule has 1 aliphatic rings. The number of hydrogen-bond donors (Lipinski definition) is 2. The summed E-state index contributed by atoms with van der Waals surface area (Å²) in [5.74, 6) is -0.132. The Labute approximate surface area is 216 Å². The van der Waals surface area contributed by atoms with Crippen molar-refractivity contribution in [2.24, 2.45) is 5.92 Å². The SMILES string of the molecule is CCCN1C(=O)N[C@H](c2cccc(NC(=O)COc3ccc(Cl)cc3)c2)C(C(=O)OCC(C)C)=C1C. The average molecular weight is 514 g/mol. The predicted octanol–water partition coefficient (Wildman–Crippen LogP) is 5.31. The number of carbonyl (C=O) groups is 3. The number of benzene rings is 2. The highest BCUT2D eigenvalue weighted by Gasteiger charge is 2.36. The third kappa shape index (κ3) is 7.01. The molecule has 2 aromatic carbocycles. The van der Waals surface area contributed by atoms with Crippen molar-refractivity contribution >= 4 is 35.2 Å². The lowest BCUT2D eigenvalue weighted by Gasteiger charge is -2.35. The number of rotatable bonds is 10. The lowest BCUT2D eigenvalue weighted by molar-refractivity contribution is -0.140. The first-order valence-corrected chi connectivity index (χ1v) is 12.3. The molecular weight excluding hydrogens is 482 g/mol. The van der Waals surface area contributed by atoms with Crippen LogP contribution in [-0.2, 0) is 14.3 Å². The van der Waals surface area contributed by atoms with Gasteiger partial charge < -0.3 is 20.1 Å². The van der Waals surface area contributed by atoms with E-state index in [1.807, 2.05) is 20.8 Å². The van der Waals surface area contributed by atoms with E-state index in [2.05, 4.69) is 10.6 Å². The van der Waals surface area contributed by atoms with Gasteiger partial charge in [0, 0.05) is 23.0 Å². The Hall–Kier alpha value is -3.52. The smallest absolute Gasteiger partial charge is 0.338 e. The van der Waals surface area contributed by atoms with Crippen molar-refractivity contribution in [3.8, 4) is 5.75 Å². The first-order chi connectivity index (χ1) is 17.2. The minimum atomic E-state index is -0.715. The van der Waals surface area contributed by atoms with Crippen LogP contribution in [0.5, 0.6) is 5.75 Å². The molecule has 0 radical (unpaired) electrons. The topological polar surface area (TPSA) is 97.0 Å². The van der Waals surface area contributed by atoms with Crippen LogP contribution in [0.15, 0.2) is 59.8 Å². The Morgan fingerprint density at radius 1 is 1.17 bits per heavy atom. The molecule has 2 N–H and O–H groups in total. The number of esters is 1. The molecule has 3 amide bonds. The van der Waals surface area contributed by atoms with Gasteiger partial charge in [0.15, 0.2) is 6.61 Å². The molecule has 0 saturated carbocycles. The summed E-state index contributed by atoms with van der Waals surface area (Å²) in [6.45, 7) is 8.20. The highest BCUT2D eigenvalue weighted by atomic mass is 35.5. The summed E-state index contributed by atoms with van der Waals surface area (Å²) < 4.78 is 11.0. The van der Waals surface area contributed by atoms with E-state index in [4.69, 9.17) is 21.1 Å². The van der Waals surface area contributed by atoms with E-state index in [0.717, 1.165) is 6.42 Å². The summed E-state index contributed by atoms with van der Waals surface area (Å²) in [6.07, 6.45) is 0.739. The second kappa shape index (κ2) is 12.4. The summed E-state index contributed by atoms with van der Waals surface area (Å²) in [6, 6.07) is 12.7. The monoisotopic (exact) mass is 513 g/mol. The number of hydrogen-bond acceptors (Lipinski definition) is 5. The molecule has 0 aromatic heterocycles. The van der Waals surface area contributed by atoms with Gasteiger partial charge in [0.2, 0.25) is 0 Å². The average Bonchev–Trinajstić information content (AvgIpc) is 2.84. The lowest BCUT2D eigenvalue weighted by Crippen LogP contribution is -2.48. The molecule has 0 unspecified atom stereocenters. The van der Waals surface area contributed by atoms with E-state index in [1.54, 1.807) is 60.4 Å². The summed E-state index contributed by atoms with van der Waals surface area (Å²) >= 11 is 5.87. The van der Waals surface area contributed by atoms with Gasteiger partial charge in [-0.25, -0.2) is 9.59 Å². The van der Waals surface area contributed by atoms with Gasteiger partial charge in [-0.2, -0.15) is 0 Å². The molecule has 1 heterocycles. The molecule has 0 fully saturated rings. The molecule has 192 valence electrons. The fraction of sp³-hybridized carbons (Fsp3) is 0.370. The van der Waals surface area contributed by atoms with E-state index in [-0.39, 0.29) is 31.1 Å². The third-order valence-electron chi connectivity index (χ3n) is 5.50. The number of urea groups is 1. The number of anilines is 1. The van der Waals surface area contributed by atoms with Crippen molar-refractivity contribution in [2.45, 2.75) is 40.2 Å². The number of halogens is 1. The lowest BCUT2D eigenvalue weighted by atomic mass is 9.94. The second-order valence-corrected chi connectivity index (χ2v) is 9.38. The summed E-state index contributed by atoms with van der Waals surface area (Å²) in [4.78, 5) is 40.0. The Morgan fingerprint density at radius 3 is 2.56 bits per heavy atom. The zero-order valence-corrected chi connectivity index (χ0v) is 21.7. The molecule has 9 heteroatoms. The zero-order valence-electron chi connectivity index (χ0n) is 21.0. The van der Waals surface area contributed by atoms with Crippen molar-refractivity contribution < 1.29 is 23.9 Å². The standard InChI is InChI=1S/C27H32ClN3O5/c1-5-13-31-18(4)24(26(33)36-15-17(2)3)25(30-27(31)34)19-7-6-8-21(14-19)29-23(32)16-35-22-11-9-20(28)10-12-22/h6-12,14,17,25H,5,13,15-16H2,1-4H3,(H,29,32)(H,30,34)/t25-/m1/s1. The van der Waals surface area contributed by atoms with Crippen LogP contribution in [0.1, 0.15) is 45.7 Å². The van der Waals surface area contributed by atoms with E-state index >= 15 is 0 Å². The van der Waals surface area contributed by atoms with Crippen molar-refractivity contribution in [1.29, 1.82) is 0 Å². The van der Waals surface area contributed by atoms with Gasteiger partial charge in [-0.15, -0.1) is 0 Å². The number of amides is 3. The maximum Gasteiger partial charge on any atom is 0.338 e. The fourth-order valence-electron chi connectivity index (χ4n) is 3.78. The zero-order chi connectivity index (χ0) is 26.2. The Balaban J connectivity index is 1.80. The van der Waals surface area contributed by atoms with Crippen molar-refractivity contribution in [3.05, 3.63) is 70.4 Å². The van der Waals surface area contributed by atoms with Crippen LogP contribution < -0.4 is 15.4 Å². The van der Waals surface area contributed by atoms with E-state index < -0.39 is 12.0 Å². The summed E-state index contributed by atoms with van der Waals surface area (Å²) in [5.41, 5.74) is 2.09. The highest BCUT2D eigenvalue weighted by Crippen LogP contribution is 2.32. The van der Waals surface area contributed by atoms with Crippen LogP contribution >= 0.6 is 11.6 Å². The number of allylic oxidation sites excluding steroid dienone is 1. The fourth-order valence-corrected chi connectivity index (χ4v) is 3.91. The molecule has 36 heavy (non-hydrogen) atoms. The number of nitrogens with zero attached hydrogens (tertiary/aromatic N) is 1. The van der Waals surface area contributed by atoms with Crippen molar-refractivity contribution in [2.75, 3.05) is 25.1 Å². The van der Waals surface area contributed by atoms with Crippen LogP contribution in [0.2, 0.25) is 5.02 Å². The maximum absolute atomic E-state index is 13.1. The van der Waals surface area contributed by atoms with Gasteiger partial charge in [-0.1, -0.05) is 44.5 Å². The van der Waals surface area contributed by atoms with Crippen LogP contribution in [-0.4, -0.2) is 42.6 Å². The number of ether oxygens (including phenoxy) is 2. The summed E-state index contributed by atoms with van der Waals surface area (Å²) in [5, 5.41) is 6.30. The van der Waals surface area contributed by atoms with E-state index in [1.165, 1.54) is 0 Å². The van der Waals surface area contributed by atoms with Crippen LogP contribution in [0.25, 0.3) is 0 Å². The first-order valence-electron chi connectivity index (χ1n) is 11.9. The minimum absolute atomic E-state index is 0.173. The molecular formula is C27H32ClN3O5. The molecule has 8 nitrogen and oxygen atoms in total. The minimum Gasteiger partial charge on any atom is -0.484 e. The predicted molar refractivity (Wildman–Crippen MR) is 139 cm³/mol. The molecule has 2 aromatic rings. The van der Waals surface area contributed by atoms with Crippen molar-refractivity contribution in [3.63, 3.8) is 0 Å². The first kappa shape index (κ1) is 27.1. The third-order valence-corrected chi connectivity index (χ3v) is 5.75. The Kier molecular flexibility index (Phi) is 9.36. The van der Waals surface area contributed by atoms with Gasteiger partial charge in [0.1, 0.15) is 5.75 Å². The molecule has 3 rings (SSSR count). The van der Waals surface area contributed by atoms with Crippen LogP contribution in [0, 0.1) is 5.92 Å². The van der Waals surface area contributed by atoms with Crippen LogP contribution in [0.3, 0.4) is 0 Å². The molecule has 0 aliphatic carbocycles. The quantitative estimate of drug-likeness (QED) is 0.420. The molecule has 0 bridgehead atoms. The van der Waals surface area contributed by atoms with Crippen LogP contribution in [0.4, 0.5) is 10.5 Å². The van der Waals surface area contributed by atoms with E-state index in [0.29, 0.717) is 39.8 Å². The summed E-state index contributed by atoms with van der Waals surface area (Å²) in [7, 11) is 0.